The monoisotopic (exact) mass is 457 g/mol. The van der Waals surface area contributed by atoms with E-state index in [9.17, 15) is 4.39 Å². The summed E-state index contributed by atoms with van der Waals surface area (Å²) >= 11 is 5.58. The lowest BCUT2D eigenvalue weighted by molar-refractivity contribution is 0.0515. The Labute approximate surface area is 195 Å². The molecular weight excluding hydrogens is 425 g/mol. The van der Waals surface area contributed by atoms with Gasteiger partial charge in [-0.25, -0.2) is 9.37 Å². The third-order valence-electron chi connectivity index (χ3n) is 6.67. The molecule has 2 aliphatic heterocycles. The van der Waals surface area contributed by atoms with Gasteiger partial charge in [0.2, 0.25) is 5.95 Å². The van der Waals surface area contributed by atoms with Crippen molar-refractivity contribution in [1.29, 1.82) is 0 Å². The molecule has 2 aliphatic rings. The van der Waals surface area contributed by atoms with Crippen LogP contribution >= 0.6 is 12.2 Å². The maximum atomic E-state index is 13.5. The molecule has 2 saturated heterocycles. The van der Waals surface area contributed by atoms with Crippen molar-refractivity contribution in [3.8, 4) is 0 Å². The zero-order valence-corrected chi connectivity index (χ0v) is 19.7. The van der Waals surface area contributed by atoms with Gasteiger partial charge in [-0.05, 0) is 68.4 Å². The molecule has 0 atom stereocenters. The summed E-state index contributed by atoms with van der Waals surface area (Å²) < 4.78 is 19.1. The van der Waals surface area contributed by atoms with Gasteiger partial charge in [-0.1, -0.05) is 19.1 Å². The summed E-state index contributed by atoms with van der Waals surface area (Å²) in [5.74, 6) is 2.00. The maximum absolute atomic E-state index is 13.5. The lowest BCUT2D eigenvalue weighted by Gasteiger charge is -2.38. The predicted octanol–water partition coefficient (Wildman–Crippen LogP) is 4.20. The number of aromatic nitrogens is 2. The topological polar surface area (TPSA) is 62.3 Å². The van der Waals surface area contributed by atoms with E-state index in [-0.39, 0.29) is 11.2 Å². The van der Waals surface area contributed by atoms with Gasteiger partial charge >= 0.3 is 0 Å². The number of benzene rings is 1. The van der Waals surface area contributed by atoms with Crippen LogP contribution in [0.25, 0.3) is 0 Å². The van der Waals surface area contributed by atoms with Crippen LogP contribution in [0.5, 0.6) is 0 Å². The van der Waals surface area contributed by atoms with Gasteiger partial charge < -0.3 is 20.3 Å². The maximum Gasteiger partial charge on any atom is 0.231 e. The van der Waals surface area contributed by atoms with Crippen LogP contribution in [0.1, 0.15) is 43.9 Å². The molecule has 3 heterocycles. The lowest BCUT2D eigenvalue weighted by atomic mass is 9.74. The summed E-state index contributed by atoms with van der Waals surface area (Å²) in [5, 5.41) is 7.01. The number of rotatable bonds is 5. The van der Waals surface area contributed by atoms with E-state index in [4.69, 9.17) is 21.9 Å². The number of hydrogen-bond acceptors (Lipinski definition) is 5. The fraction of sp³-hybridized carbons (Fsp3) is 0.542. The minimum atomic E-state index is -0.225. The van der Waals surface area contributed by atoms with Crippen LogP contribution in [0.2, 0.25) is 0 Å². The second-order valence-corrected chi connectivity index (χ2v) is 9.48. The highest BCUT2D eigenvalue weighted by Crippen LogP contribution is 2.34. The highest BCUT2D eigenvalue weighted by molar-refractivity contribution is 7.80. The molecule has 0 amide bonds. The summed E-state index contributed by atoms with van der Waals surface area (Å²) in [5.41, 5.74) is 1.86. The van der Waals surface area contributed by atoms with Crippen molar-refractivity contribution in [3.05, 3.63) is 47.4 Å². The molecule has 2 fully saturated rings. The number of aryl methyl sites for hydroxylation is 1. The molecule has 1 aromatic heterocycles. The van der Waals surface area contributed by atoms with E-state index in [1.165, 1.54) is 25.0 Å². The van der Waals surface area contributed by atoms with Gasteiger partial charge in [0.15, 0.2) is 5.11 Å². The summed E-state index contributed by atoms with van der Waals surface area (Å²) in [7, 11) is 0. The first-order chi connectivity index (χ1) is 15.4. The average molecular weight is 458 g/mol. The smallest absolute Gasteiger partial charge is 0.231 e. The van der Waals surface area contributed by atoms with Gasteiger partial charge in [0.25, 0.3) is 0 Å². The molecule has 2 N–H and O–H groups in total. The van der Waals surface area contributed by atoms with E-state index in [0.29, 0.717) is 30.8 Å². The van der Waals surface area contributed by atoms with Crippen molar-refractivity contribution < 1.29 is 9.13 Å². The Morgan fingerprint density at radius 3 is 2.56 bits per heavy atom. The minimum absolute atomic E-state index is 0.152. The Morgan fingerprint density at radius 1 is 1.19 bits per heavy atom. The molecule has 2 aromatic rings. The summed E-state index contributed by atoms with van der Waals surface area (Å²) in [4.78, 5) is 11.6. The first-order valence-corrected chi connectivity index (χ1v) is 11.8. The Kier molecular flexibility index (Phi) is 7.20. The van der Waals surface area contributed by atoms with Gasteiger partial charge in [0, 0.05) is 50.0 Å². The van der Waals surface area contributed by atoms with E-state index >= 15 is 0 Å². The zero-order valence-electron chi connectivity index (χ0n) is 18.9. The Bertz CT molecular complexity index is 924. The van der Waals surface area contributed by atoms with Crippen LogP contribution < -0.4 is 15.5 Å². The lowest BCUT2D eigenvalue weighted by Crippen LogP contribution is -2.45. The molecule has 8 heteroatoms. The Hall–Kier alpha value is -2.32. The number of nitrogens with one attached hydrogen (secondary N) is 2. The van der Waals surface area contributed by atoms with Crippen LogP contribution in [0.15, 0.2) is 30.3 Å². The molecule has 0 unspecified atom stereocenters. The third kappa shape index (κ3) is 5.53. The van der Waals surface area contributed by atoms with Crippen molar-refractivity contribution >= 4 is 29.1 Å². The number of ether oxygens (including phenoxy) is 1. The normalized spacial score (nSPS) is 18.9. The second kappa shape index (κ2) is 10.1. The van der Waals surface area contributed by atoms with Crippen molar-refractivity contribution in [3.63, 3.8) is 0 Å². The Balaban J connectivity index is 1.42. The molecular formula is C24H32FN5OS. The number of hydrogen-bond donors (Lipinski definition) is 2. The number of halogens is 1. The van der Waals surface area contributed by atoms with E-state index in [1.807, 2.05) is 25.1 Å². The largest absolute Gasteiger partial charge is 0.381 e. The van der Waals surface area contributed by atoms with E-state index in [2.05, 4.69) is 27.4 Å². The first kappa shape index (κ1) is 22.9. The minimum Gasteiger partial charge on any atom is -0.381 e. The summed E-state index contributed by atoms with van der Waals surface area (Å²) in [6.45, 7) is 8.30. The van der Waals surface area contributed by atoms with Crippen LogP contribution in [0.4, 0.5) is 16.2 Å². The Morgan fingerprint density at radius 2 is 1.88 bits per heavy atom. The van der Waals surface area contributed by atoms with Gasteiger partial charge in [-0.3, -0.25) is 0 Å². The van der Waals surface area contributed by atoms with Crippen molar-refractivity contribution in [2.45, 2.75) is 44.9 Å². The quantitative estimate of drug-likeness (QED) is 0.653. The van der Waals surface area contributed by atoms with Crippen LogP contribution in [-0.4, -0.2) is 47.9 Å². The highest BCUT2D eigenvalue weighted by atomic mass is 32.1. The van der Waals surface area contributed by atoms with Gasteiger partial charge in [-0.15, -0.1) is 0 Å². The van der Waals surface area contributed by atoms with Gasteiger partial charge in [0.05, 0.1) is 0 Å². The molecule has 0 radical (unpaired) electrons. The fourth-order valence-electron chi connectivity index (χ4n) is 4.54. The summed E-state index contributed by atoms with van der Waals surface area (Å²) in [6.07, 6.45) is 4.07. The van der Waals surface area contributed by atoms with E-state index in [1.54, 1.807) is 0 Å². The molecule has 0 bridgehead atoms. The molecule has 0 aliphatic carbocycles. The number of anilines is 2. The molecule has 1 aromatic carbocycles. The van der Waals surface area contributed by atoms with Crippen molar-refractivity contribution in [2.24, 2.45) is 5.92 Å². The third-order valence-corrected chi connectivity index (χ3v) is 6.91. The van der Waals surface area contributed by atoms with Gasteiger partial charge in [-0.2, -0.15) is 4.98 Å². The number of piperidine rings is 1. The molecule has 4 rings (SSSR count). The second-order valence-electron chi connectivity index (χ2n) is 9.07. The zero-order chi connectivity index (χ0) is 22.6. The standard InChI is InChI=1S/C24H32FN5OS/c1-17-7-11-30(12-8-17)21-15-18(2)27-22(28-21)29-23(32)26-16-24(9-13-31-14-10-24)19-3-5-20(25)6-4-19/h3-6,15,17H,7-14,16H2,1-2H3,(H2,26,27,28,29,32). The highest BCUT2D eigenvalue weighted by Gasteiger charge is 2.34. The molecule has 0 saturated carbocycles. The van der Waals surface area contributed by atoms with E-state index in [0.717, 1.165) is 48.9 Å². The number of thiocarbonyl (C=S) groups is 1. The van der Waals surface area contributed by atoms with Crippen molar-refractivity contribution in [2.75, 3.05) is 43.1 Å². The fourth-order valence-corrected chi connectivity index (χ4v) is 4.70. The van der Waals surface area contributed by atoms with Crippen LogP contribution in [-0.2, 0) is 10.2 Å². The molecule has 172 valence electrons. The molecule has 0 spiro atoms. The van der Waals surface area contributed by atoms with Crippen molar-refractivity contribution in [1.82, 2.24) is 15.3 Å². The SMILES string of the molecule is Cc1cc(N2CCC(C)CC2)nc(NC(=S)NCC2(c3ccc(F)cc3)CCOCC2)n1. The van der Waals surface area contributed by atoms with Crippen LogP contribution in [0, 0.1) is 18.7 Å². The van der Waals surface area contributed by atoms with Crippen LogP contribution in [0.3, 0.4) is 0 Å². The summed E-state index contributed by atoms with van der Waals surface area (Å²) in [6, 6.07) is 8.81. The van der Waals surface area contributed by atoms with Gasteiger partial charge in [0.1, 0.15) is 11.6 Å². The predicted molar refractivity (Wildman–Crippen MR) is 130 cm³/mol. The van der Waals surface area contributed by atoms with E-state index < -0.39 is 0 Å². The molecule has 32 heavy (non-hydrogen) atoms. The average Bonchev–Trinajstić information content (AvgIpc) is 2.79. The molecule has 6 nitrogen and oxygen atoms in total. The first-order valence-electron chi connectivity index (χ1n) is 11.4. The number of nitrogens with zero attached hydrogens (tertiary/aromatic N) is 3.